The molecule has 1 aromatic heterocycles. The van der Waals surface area contributed by atoms with Crippen LogP contribution in [0.15, 0.2) is 42.5 Å². The summed E-state index contributed by atoms with van der Waals surface area (Å²) in [5, 5.41) is 10.9. The molecule has 1 amide bonds. The van der Waals surface area contributed by atoms with Gasteiger partial charge in [0, 0.05) is 38.0 Å². The topological polar surface area (TPSA) is 88.0 Å². The molecule has 2 aromatic carbocycles. The number of rotatable bonds is 3. The molecular weight excluding hydrogens is 415 g/mol. The van der Waals surface area contributed by atoms with E-state index in [-0.39, 0.29) is 23.8 Å². The van der Waals surface area contributed by atoms with Crippen molar-refractivity contribution in [1.29, 1.82) is 0 Å². The predicted octanol–water partition coefficient (Wildman–Crippen LogP) is 3.19. The third-order valence-corrected chi connectivity index (χ3v) is 5.78. The second-order valence-electron chi connectivity index (χ2n) is 7.89. The van der Waals surface area contributed by atoms with E-state index < -0.39 is 0 Å². The summed E-state index contributed by atoms with van der Waals surface area (Å²) in [6, 6.07) is 11.2. The number of aromatic hydroxyl groups is 1. The monoisotopic (exact) mass is 438 g/mol. The maximum absolute atomic E-state index is 14.0. The highest BCUT2D eigenvalue weighted by Crippen LogP contribution is 2.32. The van der Waals surface area contributed by atoms with Crippen molar-refractivity contribution < 1.29 is 23.8 Å². The van der Waals surface area contributed by atoms with Crippen molar-refractivity contribution in [2.45, 2.75) is 12.5 Å². The number of phenols is 1. The number of amides is 1. The molecule has 2 fully saturated rings. The zero-order valence-corrected chi connectivity index (χ0v) is 17.4. The number of aromatic nitrogens is 2. The highest BCUT2D eigenvalue weighted by atomic mass is 19.1. The van der Waals surface area contributed by atoms with Crippen molar-refractivity contribution in [2.75, 3.05) is 44.3 Å². The van der Waals surface area contributed by atoms with Crippen molar-refractivity contribution in [2.24, 2.45) is 0 Å². The van der Waals surface area contributed by atoms with Gasteiger partial charge in [-0.3, -0.25) is 0 Å². The molecule has 0 aliphatic carbocycles. The Morgan fingerprint density at radius 3 is 2.69 bits per heavy atom. The van der Waals surface area contributed by atoms with Gasteiger partial charge in [0.25, 0.3) is 0 Å². The van der Waals surface area contributed by atoms with Gasteiger partial charge in [0.2, 0.25) is 0 Å². The first-order valence-corrected chi connectivity index (χ1v) is 10.6. The van der Waals surface area contributed by atoms with E-state index in [9.17, 15) is 14.3 Å². The standard InChI is InChI=1S/C23H23FN4O4/c24-15-5-6-19-18(13-15)22(26-21(25-19)17-3-1-2-4-20(17)29)27-8-10-28(11-9-27)23(30)32-16-7-12-31-14-16/h1-6,13,16,29H,7-12,14H2/t16-/m0/s1. The van der Waals surface area contributed by atoms with E-state index >= 15 is 0 Å². The van der Waals surface area contributed by atoms with E-state index in [4.69, 9.17) is 9.47 Å². The van der Waals surface area contributed by atoms with Crippen molar-refractivity contribution >= 4 is 22.8 Å². The summed E-state index contributed by atoms with van der Waals surface area (Å²) in [6.07, 6.45) is 0.198. The van der Waals surface area contributed by atoms with Crippen LogP contribution in [-0.4, -0.2) is 71.6 Å². The normalized spacial score (nSPS) is 18.8. The lowest BCUT2D eigenvalue weighted by atomic mass is 10.1. The summed E-state index contributed by atoms with van der Waals surface area (Å²) in [6.45, 7) is 3.00. The lowest BCUT2D eigenvalue weighted by Gasteiger charge is -2.35. The van der Waals surface area contributed by atoms with Gasteiger partial charge < -0.3 is 24.4 Å². The lowest BCUT2D eigenvalue weighted by Crippen LogP contribution is -2.49. The first-order valence-electron chi connectivity index (χ1n) is 10.6. The molecule has 3 heterocycles. The highest BCUT2D eigenvalue weighted by molar-refractivity contribution is 5.91. The fraction of sp³-hybridized carbons (Fsp3) is 0.348. The molecular formula is C23H23FN4O4. The molecule has 8 nitrogen and oxygen atoms in total. The largest absolute Gasteiger partial charge is 0.507 e. The Hall–Kier alpha value is -3.46. The molecule has 0 bridgehead atoms. The van der Waals surface area contributed by atoms with Crippen LogP contribution in [0.5, 0.6) is 5.75 Å². The summed E-state index contributed by atoms with van der Waals surface area (Å²) < 4.78 is 24.8. The van der Waals surface area contributed by atoms with Crippen LogP contribution < -0.4 is 4.90 Å². The van der Waals surface area contributed by atoms with Crippen LogP contribution in [-0.2, 0) is 9.47 Å². The Morgan fingerprint density at radius 1 is 1.12 bits per heavy atom. The Balaban J connectivity index is 1.41. The Labute approximate surface area is 184 Å². The molecule has 0 unspecified atom stereocenters. The minimum absolute atomic E-state index is 0.0726. The zero-order chi connectivity index (χ0) is 22.1. The van der Waals surface area contributed by atoms with Gasteiger partial charge in [0.05, 0.1) is 24.3 Å². The van der Waals surface area contributed by atoms with Crippen LogP contribution in [0.25, 0.3) is 22.3 Å². The summed E-state index contributed by atoms with van der Waals surface area (Å²) in [7, 11) is 0. The molecule has 0 spiro atoms. The third kappa shape index (κ3) is 4.03. The zero-order valence-electron chi connectivity index (χ0n) is 17.4. The minimum atomic E-state index is -0.376. The number of carbonyl (C=O) groups is 1. The van der Waals surface area contributed by atoms with Crippen LogP contribution in [0.4, 0.5) is 15.0 Å². The summed E-state index contributed by atoms with van der Waals surface area (Å²) in [4.78, 5) is 25.4. The molecule has 166 valence electrons. The molecule has 9 heteroatoms. The van der Waals surface area contributed by atoms with E-state index in [0.29, 0.717) is 67.5 Å². The molecule has 2 aliphatic heterocycles. The molecule has 2 saturated heterocycles. The summed E-state index contributed by atoms with van der Waals surface area (Å²) >= 11 is 0. The number of carbonyl (C=O) groups excluding carboxylic acids is 1. The first kappa shape index (κ1) is 20.4. The van der Waals surface area contributed by atoms with Gasteiger partial charge >= 0.3 is 6.09 Å². The molecule has 2 aliphatic rings. The number of anilines is 1. The van der Waals surface area contributed by atoms with Crippen LogP contribution in [0.3, 0.4) is 0 Å². The number of para-hydroxylation sites is 1. The van der Waals surface area contributed by atoms with Gasteiger partial charge in [-0.05, 0) is 30.3 Å². The summed E-state index contributed by atoms with van der Waals surface area (Å²) in [5.74, 6) is 0.632. The van der Waals surface area contributed by atoms with Gasteiger partial charge in [0.15, 0.2) is 5.82 Å². The fourth-order valence-corrected chi connectivity index (χ4v) is 4.03. The average Bonchev–Trinajstić information content (AvgIpc) is 3.32. The average molecular weight is 438 g/mol. The number of fused-ring (bicyclic) bond motifs is 1. The quantitative estimate of drug-likeness (QED) is 0.672. The van der Waals surface area contributed by atoms with E-state index in [1.165, 1.54) is 12.1 Å². The van der Waals surface area contributed by atoms with Crippen molar-refractivity contribution in [3.8, 4) is 17.1 Å². The molecule has 0 saturated carbocycles. The van der Waals surface area contributed by atoms with E-state index in [2.05, 4.69) is 9.97 Å². The van der Waals surface area contributed by atoms with Gasteiger partial charge in [0.1, 0.15) is 23.5 Å². The smallest absolute Gasteiger partial charge is 0.410 e. The first-order chi connectivity index (χ1) is 15.6. The van der Waals surface area contributed by atoms with Crippen LogP contribution >= 0.6 is 0 Å². The Kier molecular flexibility index (Phi) is 5.48. The Bertz CT molecular complexity index is 1140. The molecule has 32 heavy (non-hydrogen) atoms. The minimum Gasteiger partial charge on any atom is -0.507 e. The number of hydrogen-bond acceptors (Lipinski definition) is 7. The number of hydrogen-bond donors (Lipinski definition) is 1. The third-order valence-electron chi connectivity index (χ3n) is 5.78. The maximum atomic E-state index is 14.0. The molecule has 1 N–H and O–H groups in total. The summed E-state index contributed by atoms with van der Waals surface area (Å²) in [5.41, 5.74) is 1.08. The second kappa shape index (κ2) is 8.58. The number of benzene rings is 2. The maximum Gasteiger partial charge on any atom is 0.410 e. The second-order valence-corrected chi connectivity index (χ2v) is 7.89. The predicted molar refractivity (Wildman–Crippen MR) is 116 cm³/mol. The number of nitrogens with zero attached hydrogens (tertiary/aromatic N) is 4. The number of piperazine rings is 1. The van der Waals surface area contributed by atoms with Gasteiger partial charge in [-0.1, -0.05) is 12.1 Å². The van der Waals surface area contributed by atoms with Crippen LogP contribution in [0.1, 0.15) is 6.42 Å². The SMILES string of the molecule is O=C(O[C@H]1CCOC1)N1CCN(c2nc(-c3ccccc3O)nc3ccc(F)cc23)CC1. The van der Waals surface area contributed by atoms with Crippen molar-refractivity contribution in [3.05, 3.63) is 48.3 Å². The molecule has 5 rings (SSSR count). The Morgan fingerprint density at radius 2 is 1.94 bits per heavy atom. The van der Waals surface area contributed by atoms with Crippen LogP contribution in [0.2, 0.25) is 0 Å². The van der Waals surface area contributed by atoms with Crippen molar-refractivity contribution in [3.63, 3.8) is 0 Å². The molecule has 3 aromatic rings. The van der Waals surface area contributed by atoms with Gasteiger partial charge in [-0.2, -0.15) is 0 Å². The van der Waals surface area contributed by atoms with E-state index in [0.717, 1.165) is 6.42 Å². The van der Waals surface area contributed by atoms with E-state index in [1.54, 1.807) is 35.2 Å². The van der Waals surface area contributed by atoms with Gasteiger partial charge in [-0.25, -0.2) is 19.2 Å². The lowest BCUT2D eigenvalue weighted by molar-refractivity contribution is 0.0534. The highest BCUT2D eigenvalue weighted by Gasteiger charge is 2.28. The van der Waals surface area contributed by atoms with Gasteiger partial charge in [-0.15, -0.1) is 0 Å². The van der Waals surface area contributed by atoms with E-state index in [1.807, 2.05) is 4.90 Å². The molecule has 1 atom stereocenters. The fourth-order valence-electron chi connectivity index (χ4n) is 4.03. The van der Waals surface area contributed by atoms with Crippen molar-refractivity contribution in [1.82, 2.24) is 14.9 Å². The number of ether oxygens (including phenoxy) is 2. The number of phenolic OH excluding ortho intramolecular Hbond substituents is 1. The number of halogens is 1. The molecule has 0 radical (unpaired) electrons. The van der Waals surface area contributed by atoms with Crippen LogP contribution in [0, 0.1) is 5.82 Å².